The lowest BCUT2D eigenvalue weighted by Gasteiger charge is -2.11. The fraction of sp³-hybridized carbons (Fsp3) is 0.143. The zero-order valence-electron chi connectivity index (χ0n) is 10.00. The summed E-state index contributed by atoms with van der Waals surface area (Å²) >= 11 is 11.9. The summed E-state index contributed by atoms with van der Waals surface area (Å²) in [6, 6.07) is 11.3. The monoisotopic (exact) mass is 299 g/mol. The van der Waals surface area contributed by atoms with Gasteiger partial charge in [-0.1, -0.05) is 29.3 Å². The first-order valence-electron chi connectivity index (χ1n) is 5.73. The molecule has 0 aliphatic heterocycles. The molecule has 2 aromatic rings. The van der Waals surface area contributed by atoms with Crippen LogP contribution >= 0.6 is 23.2 Å². The summed E-state index contributed by atoms with van der Waals surface area (Å²) < 4.78 is 18.2. The van der Waals surface area contributed by atoms with Crippen LogP contribution in [0.2, 0.25) is 10.0 Å². The molecule has 0 fully saturated rings. The number of para-hydroxylation sites is 1. The number of ether oxygens (including phenoxy) is 1. The molecule has 2 aromatic carbocycles. The van der Waals surface area contributed by atoms with E-state index in [1.807, 2.05) is 0 Å². The van der Waals surface area contributed by atoms with Gasteiger partial charge in [0, 0.05) is 12.2 Å². The van der Waals surface area contributed by atoms with Crippen LogP contribution in [0.1, 0.15) is 0 Å². The molecule has 0 spiro atoms. The van der Waals surface area contributed by atoms with Crippen LogP contribution in [0.3, 0.4) is 0 Å². The number of hydrogen-bond acceptors (Lipinski definition) is 2. The molecule has 100 valence electrons. The van der Waals surface area contributed by atoms with Gasteiger partial charge in [0.1, 0.15) is 12.4 Å². The van der Waals surface area contributed by atoms with Crippen LogP contribution in [0.25, 0.3) is 0 Å². The van der Waals surface area contributed by atoms with Gasteiger partial charge >= 0.3 is 0 Å². The molecule has 0 aliphatic rings. The summed E-state index contributed by atoms with van der Waals surface area (Å²) in [5.74, 6) is 0.219. The van der Waals surface area contributed by atoms with E-state index in [1.165, 1.54) is 12.1 Å². The Labute approximate surface area is 121 Å². The van der Waals surface area contributed by atoms with Crippen molar-refractivity contribution in [1.82, 2.24) is 0 Å². The lowest BCUT2D eigenvalue weighted by molar-refractivity contribution is 0.333. The SMILES string of the molecule is Fc1ccc(NCCOc2c(Cl)cccc2Cl)cc1. The molecule has 0 atom stereocenters. The summed E-state index contributed by atoms with van der Waals surface area (Å²) in [6.07, 6.45) is 0. The van der Waals surface area contributed by atoms with Crippen LogP contribution in [0.4, 0.5) is 10.1 Å². The molecule has 0 unspecified atom stereocenters. The third-order valence-electron chi connectivity index (χ3n) is 2.44. The molecule has 0 radical (unpaired) electrons. The first kappa shape index (κ1) is 14.0. The molecule has 2 rings (SSSR count). The smallest absolute Gasteiger partial charge is 0.156 e. The van der Waals surface area contributed by atoms with E-state index >= 15 is 0 Å². The highest BCUT2D eigenvalue weighted by Gasteiger charge is 2.05. The van der Waals surface area contributed by atoms with Crippen LogP contribution in [-0.4, -0.2) is 13.2 Å². The van der Waals surface area contributed by atoms with E-state index < -0.39 is 0 Å². The van der Waals surface area contributed by atoms with E-state index in [9.17, 15) is 4.39 Å². The van der Waals surface area contributed by atoms with Crippen molar-refractivity contribution >= 4 is 28.9 Å². The number of hydrogen-bond donors (Lipinski definition) is 1. The van der Waals surface area contributed by atoms with Gasteiger partial charge in [-0.15, -0.1) is 0 Å². The van der Waals surface area contributed by atoms with Crippen molar-refractivity contribution in [3.05, 3.63) is 58.3 Å². The molecule has 0 bridgehead atoms. The Morgan fingerprint density at radius 3 is 2.26 bits per heavy atom. The maximum Gasteiger partial charge on any atom is 0.156 e. The second-order valence-electron chi connectivity index (χ2n) is 3.83. The van der Waals surface area contributed by atoms with E-state index in [-0.39, 0.29) is 5.82 Å². The Morgan fingerprint density at radius 2 is 1.63 bits per heavy atom. The minimum absolute atomic E-state index is 0.260. The number of halogens is 3. The average molecular weight is 300 g/mol. The largest absolute Gasteiger partial charge is 0.489 e. The van der Waals surface area contributed by atoms with Gasteiger partial charge in [-0.05, 0) is 36.4 Å². The van der Waals surface area contributed by atoms with Gasteiger partial charge in [-0.25, -0.2) is 4.39 Å². The van der Waals surface area contributed by atoms with E-state index in [2.05, 4.69) is 5.32 Å². The molecule has 0 amide bonds. The Kier molecular flexibility index (Phi) is 4.88. The molecule has 0 aromatic heterocycles. The van der Waals surface area contributed by atoms with Gasteiger partial charge in [0.05, 0.1) is 10.0 Å². The topological polar surface area (TPSA) is 21.3 Å². The van der Waals surface area contributed by atoms with E-state index in [1.54, 1.807) is 30.3 Å². The predicted molar refractivity (Wildman–Crippen MR) is 76.8 cm³/mol. The van der Waals surface area contributed by atoms with Crippen molar-refractivity contribution in [2.75, 3.05) is 18.5 Å². The standard InChI is InChI=1S/C14H12Cl2FNO/c15-12-2-1-3-13(16)14(12)19-9-8-18-11-6-4-10(17)5-7-11/h1-7,18H,8-9H2. The molecule has 5 heteroatoms. The van der Waals surface area contributed by atoms with Crippen molar-refractivity contribution in [2.45, 2.75) is 0 Å². The molecule has 0 saturated carbocycles. The Bertz CT molecular complexity index is 525. The Morgan fingerprint density at radius 1 is 1.00 bits per heavy atom. The molecule has 0 heterocycles. The molecule has 2 nitrogen and oxygen atoms in total. The molecule has 0 saturated heterocycles. The van der Waals surface area contributed by atoms with Crippen LogP contribution in [-0.2, 0) is 0 Å². The van der Waals surface area contributed by atoms with Crippen LogP contribution in [0.15, 0.2) is 42.5 Å². The number of benzene rings is 2. The van der Waals surface area contributed by atoms with Crippen molar-refractivity contribution in [3.63, 3.8) is 0 Å². The second kappa shape index (κ2) is 6.64. The first-order valence-corrected chi connectivity index (χ1v) is 6.48. The minimum Gasteiger partial charge on any atom is -0.489 e. The predicted octanol–water partition coefficient (Wildman–Crippen LogP) is 4.62. The second-order valence-corrected chi connectivity index (χ2v) is 4.65. The summed E-state index contributed by atoms with van der Waals surface area (Å²) in [5, 5.41) is 4.06. The van der Waals surface area contributed by atoms with Crippen molar-refractivity contribution in [3.8, 4) is 5.75 Å². The van der Waals surface area contributed by atoms with Crippen molar-refractivity contribution in [2.24, 2.45) is 0 Å². The highest BCUT2D eigenvalue weighted by atomic mass is 35.5. The zero-order chi connectivity index (χ0) is 13.7. The average Bonchev–Trinajstić information content (AvgIpc) is 2.39. The highest BCUT2D eigenvalue weighted by molar-refractivity contribution is 6.37. The van der Waals surface area contributed by atoms with Crippen LogP contribution < -0.4 is 10.1 Å². The summed E-state index contributed by atoms with van der Waals surface area (Å²) in [6.45, 7) is 0.966. The summed E-state index contributed by atoms with van der Waals surface area (Å²) in [5.41, 5.74) is 0.829. The quantitative estimate of drug-likeness (QED) is 0.813. The molecular formula is C14H12Cl2FNO. The van der Waals surface area contributed by atoms with Crippen molar-refractivity contribution in [1.29, 1.82) is 0 Å². The molecule has 19 heavy (non-hydrogen) atoms. The zero-order valence-corrected chi connectivity index (χ0v) is 11.5. The Balaban J connectivity index is 1.82. The number of nitrogens with one attached hydrogen (secondary N) is 1. The lowest BCUT2D eigenvalue weighted by Crippen LogP contribution is -2.11. The fourth-order valence-electron chi connectivity index (χ4n) is 1.54. The number of anilines is 1. The van der Waals surface area contributed by atoms with E-state index in [4.69, 9.17) is 27.9 Å². The fourth-order valence-corrected chi connectivity index (χ4v) is 2.04. The summed E-state index contributed by atoms with van der Waals surface area (Å²) in [4.78, 5) is 0. The van der Waals surface area contributed by atoms with Gasteiger partial charge in [0.25, 0.3) is 0 Å². The molecule has 1 N–H and O–H groups in total. The van der Waals surface area contributed by atoms with Gasteiger partial charge < -0.3 is 10.1 Å². The van der Waals surface area contributed by atoms with Crippen LogP contribution in [0, 0.1) is 5.82 Å². The molecular weight excluding hydrogens is 288 g/mol. The maximum atomic E-state index is 12.7. The van der Waals surface area contributed by atoms with Crippen LogP contribution in [0.5, 0.6) is 5.75 Å². The number of rotatable bonds is 5. The minimum atomic E-state index is -0.260. The highest BCUT2D eigenvalue weighted by Crippen LogP contribution is 2.32. The first-order chi connectivity index (χ1) is 9.16. The van der Waals surface area contributed by atoms with Crippen molar-refractivity contribution < 1.29 is 9.13 Å². The third-order valence-corrected chi connectivity index (χ3v) is 3.04. The van der Waals surface area contributed by atoms with Gasteiger partial charge in [-0.3, -0.25) is 0 Å². The Hall–Kier alpha value is -1.45. The molecule has 0 aliphatic carbocycles. The lowest BCUT2D eigenvalue weighted by atomic mass is 10.3. The van der Waals surface area contributed by atoms with Gasteiger partial charge in [0.15, 0.2) is 5.75 Å². The van der Waals surface area contributed by atoms with E-state index in [0.29, 0.717) is 28.9 Å². The van der Waals surface area contributed by atoms with Gasteiger partial charge in [-0.2, -0.15) is 0 Å². The normalized spacial score (nSPS) is 10.3. The van der Waals surface area contributed by atoms with E-state index in [0.717, 1.165) is 5.69 Å². The maximum absolute atomic E-state index is 12.7. The van der Waals surface area contributed by atoms with Gasteiger partial charge in [0.2, 0.25) is 0 Å². The summed E-state index contributed by atoms with van der Waals surface area (Å²) in [7, 11) is 0. The third kappa shape index (κ3) is 4.01.